The smallest absolute Gasteiger partial charge is 0.153 e. The fraction of sp³-hybridized carbons (Fsp3) is 0.0909. The van der Waals surface area contributed by atoms with Crippen molar-refractivity contribution >= 4 is 6.29 Å². The number of nitrogens with zero attached hydrogens (tertiary/aromatic N) is 2. The molecule has 1 aromatic heterocycles. The largest absolute Gasteiger partial charge is 0.298 e. The SMILES string of the molecule is O=Cc1cnn(Cc2ccccc2)c1. The Hall–Kier alpha value is -1.90. The summed E-state index contributed by atoms with van der Waals surface area (Å²) in [5.41, 5.74) is 1.79. The summed E-state index contributed by atoms with van der Waals surface area (Å²) in [5.74, 6) is 0. The summed E-state index contributed by atoms with van der Waals surface area (Å²) < 4.78 is 1.75. The summed E-state index contributed by atoms with van der Waals surface area (Å²) in [4.78, 5) is 10.4. The standard InChI is InChI=1S/C11H10N2O/c14-9-11-6-12-13(8-11)7-10-4-2-1-3-5-10/h1-6,8-9H,7H2. The van der Waals surface area contributed by atoms with Crippen LogP contribution in [0.4, 0.5) is 0 Å². The number of carbonyl (C=O) groups excluding carboxylic acids is 1. The van der Waals surface area contributed by atoms with E-state index in [4.69, 9.17) is 0 Å². The third kappa shape index (κ3) is 1.88. The van der Waals surface area contributed by atoms with Crippen molar-refractivity contribution in [1.29, 1.82) is 0 Å². The van der Waals surface area contributed by atoms with E-state index in [1.807, 2.05) is 30.3 Å². The summed E-state index contributed by atoms with van der Waals surface area (Å²) in [6.07, 6.45) is 4.10. The second-order valence-corrected chi connectivity index (χ2v) is 3.07. The number of benzene rings is 1. The van der Waals surface area contributed by atoms with E-state index in [-0.39, 0.29) is 0 Å². The van der Waals surface area contributed by atoms with E-state index in [9.17, 15) is 4.79 Å². The molecule has 0 radical (unpaired) electrons. The Balaban J connectivity index is 2.15. The van der Waals surface area contributed by atoms with Crippen molar-refractivity contribution in [2.75, 3.05) is 0 Å². The first-order valence-corrected chi connectivity index (χ1v) is 4.40. The number of aldehydes is 1. The zero-order valence-electron chi connectivity index (χ0n) is 7.63. The molecule has 0 spiro atoms. The topological polar surface area (TPSA) is 34.9 Å². The third-order valence-electron chi connectivity index (χ3n) is 1.98. The quantitative estimate of drug-likeness (QED) is 0.684. The fourth-order valence-corrected chi connectivity index (χ4v) is 1.30. The van der Waals surface area contributed by atoms with Gasteiger partial charge in [0.1, 0.15) is 0 Å². The minimum atomic E-state index is 0.612. The number of carbonyl (C=O) groups is 1. The molecule has 3 nitrogen and oxygen atoms in total. The second kappa shape index (κ2) is 3.87. The van der Waals surface area contributed by atoms with Gasteiger partial charge in [-0.25, -0.2) is 0 Å². The Labute approximate surface area is 82.0 Å². The fourth-order valence-electron chi connectivity index (χ4n) is 1.30. The summed E-state index contributed by atoms with van der Waals surface area (Å²) in [6, 6.07) is 10.0. The molecule has 0 amide bonds. The van der Waals surface area contributed by atoms with Gasteiger partial charge in [0.05, 0.1) is 18.3 Å². The van der Waals surface area contributed by atoms with E-state index < -0.39 is 0 Å². The van der Waals surface area contributed by atoms with E-state index in [0.29, 0.717) is 12.1 Å². The van der Waals surface area contributed by atoms with Crippen molar-refractivity contribution in [3.63, 3.8) is 0 Å². The highest BCUT2D eigenvalue weighted by Crippen LogP contribution is 2.02. The number of hydrogen-bond acceptors (Lipinski definition) is 2. The van der Waals surface area contributed by atoms with Crippen LogP contribution in [0.15, 0.2) is 42.7 Å². The minimum absolute atomic E-state index is 0.612. The lowest BCUT2D eigenvalue weighted by molar-refractivity contribution is 0.112. The van der Waals surface area contributed by atoms with Crippen LogP contribution in [-0.2, 0) is 6.54 Å². The molecule has 1 aromatic carbocycles. The molecule has 0 fully saturated rings. The molecular formula is C11H10N2O. The molecule has 0 aliphatic rings. The first-order chi connectivity index (χ1) is 6.88. The summed E-state index contributed by atoms with van der Waals surface area (Å²) in [6.45, 7) is 0.703. The van der Waals surface area contributed by atoms with Gasteiger partial charge in [-0.05, 0) is 5.56 Å². The molecule has 0 N–H and O–H groups in total. The maximum Gasteiger partial charge on any atom is 0.153 e. The molecule has 0 aliphatic carbocycles. The van der Waals surface area contributed by atoms with Crippen LogP contribution in [0.3, 0.4) is 0 Å². The summed E-state index contributed by atoms with van der Waals surface area (Å²) in [7, 11) is 0. The van der Waals surface area contributed by atoms with Crippen LogP contribution in [0.5, 0.6) is 0 Å². The minimum Gasteiger partial charge on any atom is -0.298 e. The Morgan fingerprint density at radius 3 is 2.71 bits per heavy atom. The second-order valence-electron chi connectivity index (χ2n) is 3.07. The van der Waals surface area contributed by atoms with E-state index in [1.165, 1.54) is 5.56 Å². The Morgan fingerprint density at radius 2 is 2.07 bits per heavy atom. The van der Waals surface area contributed by atoms with Gasteiger partial charge < -0.3 is 0 Å². The lowest BCUT2D eigenvalue weighted by Gasteiger charge is -2.00. The average molecular weight is 186 g/mol. The lowest BCUT2D eigenvalue weighted by Crippen LogP contribution is -1.99. The van der Waals surface area contributed by atoms with Crippen LogP contribution in [0, 0.1) is 0 Å². The normalized spacial score (nSPS) is 10.0. The third-order valence-corrected chi connectivity index (χ3v) is 1.98. The summed E-state index contributed by atoms with van der Waals surface area (Å²) in [5, 5.41) is 4.07. The van der Waals surface area contributed by atoms with Crippen LogP contribution < -0.4 is 0 Å². The zero-order chi connectivity index (χ0) is 9.80. The van der Waals surface area contributed by atoms with Gasteiger partial charge >= 0.3 is 0 Å². The average Bonchev–Trinajstić information content (AvgIpc) is 2.67. The predicted molar refractivity (Wildman–Crippen MR) is 53.2 cm³/mol. The van der Waals surface area contributed by atoms with Crippen LogP contribution in [0.2, 0.25) is 0 Å². The van der Waals surface area contributed by atoms with Crippen molar-refractivity contribution in [1.82, 2.24) is 9.78 Å². The Bertz CT molecular complexity index is 420. The Kier molecular flexibility index (Phi) is 2.40. The van der Waals surface area contributed by atoms with Gasteiger partial charge in [-0.2, -0.15) is 5.10 Å². The highest BCUT2D eigenvalue weighted by Gasteiger charge is 1.97. The van der Waals surface area contributed by atoms with Crippen LogP contribution in [-0.4, -0.2) is 16.1 Å². The molecule has 0 atom stereocenters. The maximum atomic E-state index is 10.4. The van der Waals surface area contributed by atoms with Gasteiger partial charge in [0.2, 0.25) is 0 Å². The Morgan fingerprint density at radius 1 is 1.29 bits per heavy atom. The highest BCUT2D eigenvalue weighted by atomic mass is 16.1. The van der Waals surface area contributed by atoms with Crippen molar-refractivity contribution in [2.45, 2.75) is 6.54 Å². The van der Waals surface area contributed by atoms with Gasteiger partial charge in [0, 0.05) is 6.20 Å². The highest BCUT2D eigenvalue weighted by molar-refractivity contribution is 5.73. The molecule has 0 saturated heterocycles. The molecule has 0 unspecified atom stereocenters. The van der Waals surface area contributed by atoms with E-state index in [2.05, 4.69) is 5.10 Å². The van der Waals surface area contributed by atoms with E-state index >= 15 is 0 Å². The van der Waals surface area contributed by atoms with Crippen LogP contribution >= 0.6 is 0 Å². The zero-order valence-corrected chi connectivity index (χ0v) is 7.63. The van der Waals surface area contributed by atoms with Crippen molar-refractivity contribution in [3.05, 3.63) is 53.9 Å². The number of hydrogen-bond donors (Lipinski definition) is 0. The molecule has 0 aliphatic heterocycles. The van der Waals surface area contributed by atoms with Gasteiger partial charge in [0.25, 0.3) is 0 Å². The van der Waals surface area contributed by atoms with Crippen molar-refractivity contribution in [3.8, 4) is 0 Å². The number of aromatic nitrogens is 2. The molecule has 14 heavy (non-hydrogen) atoms. The van der Waals surface area contributed by atoms with Crippen LogP contribution in [0.1, 0.15) is 15.9 Å². The molecule has 0 saturated carbocycles. The van der Waals surface area contributed by atoms with Gasteiger partial charge in [0.15, 0.2) is 6.29 Å². The molecule has 70 valence electrons. The molecule has 2 aromatic rings. The maximum absolute atomic E-state index is 10.4. The molecule has 1 heterocycles. The van der Waals surface area contributed by atoms with Crippen LogP contribution in [0.25, 0.3) is 0 Å². The van der Waals surface area contributed by atoms with Gasteiger partial charge in [-0.15, -0.1) is 0 Å². The van der Waals surface area contributed by atoms with E-state index in [0.717, 1.165) is 6.29 Å². The molecule has 0 bridgehead atoms. The molecule has 2 rings (SSSR count). The predicted octanol–water partition coefficient (Wildman–Crippen LogP) is 1.74. The molecular weight excluding hydrogens is 176 g/mol. The summed E-state index contributed by atoms with van der Waals surface area (Å²) >= 11 is 0. The lowest BCUT2D eigenvalue weighted by atomic mass is 10.2. The monoisotopic (exact) mass is 186 g/mol. The van der Waals surface area contributed by atoms with E-state index in [1.54, 1.807) is 17.1 Å². The van der Waals surface area contributed by atoms with Gasteiger partial charge in [-0.1, -0.05) is 30.3 Å². The van der Waals surface area contributed by atoms with Crippen molar-refractivity contribution in [2.24, 2.45) is 0 Å². The molecule has 3 heteroatoms. The van der Waals surface area contributed by atoms with Crippen molar-refractivity contribution < 1.29 is 4.79 Å². The number of rotatable bonds is 3. The van der Waals surface area contributed by atoms with Gasteiger partial charge in [-0.3, -0.25) is 9.48 Å². The first-order valence-electron chi connectivity index (χ1n) is 4.40. The first kappa shape index (κ1) is 8.69.